The van der Waals surface area contributed by atoms with Crippen molar-refractivity contribution in [3.8, 4) is 0 Å². The molecule has 0 radical (unpaired) electrons. The highest BCUT2D eigenvalue weighted by Gasteiger charge is 2.32. The molecule has 5 rings (SSSR count). The number of aromatic nitrogens is 4. The third-order valence-corrected chi connectivity index (χ3v) is 5.05. The van der Waals surface area contributed by atoms with Crippen molar-refractivity contribution >= 4 is 29.0 Å². The summed E-state index contributed by atoms with van der Waals surface area (Å²) in [4.78, 5) is 36.0. The molecule has 0 fully saturated rings. The summed E-state index contributed by atoms with van der Waals surface area (Å²) >= 11 is 0. The molecular formula is C21H17N7O2. The van der Waals surface area contributed by atoms with Crippen molar-refractivity contribution in [2.45, 2.75) is 6.17 Å². The Labute approximate surface area is 171 Å². The van der Waals surface area contributed by atoms with Crippen molar-refractivity contribution in [3.63, 3.8) is 0 Å². The summed E-state index contributed by atoms with van der Waals surface area (Å²) in [6, 6.07) is 12.5. The van der Waals surface area contributed by atoms with Gasteiger partial charge in [0.15, 0.2) is 5.65 Å². The highest BCUT2D eigenvalue weighted by Crippen LogP contribution is 2.33. The van der Waals surface area contributed by atoms with Crippen LogP contribution in [0.4, 0.5) is 11.5 Å². The van der Waals surface area contributed by atoms with Gasteiger partial charge in [0.05, 0.1) is 11.8 Å². The van der Waals surface area contributed by atoms with Crippen molar-refractivity contribution in [2.75, 3.05) is 17.3 Å². The molecule has 0 saturated carbocycles. The van der Waals surface area contributed by atoms with E-state index in [4.69, 9.17) is 0 Å². The van der Waals surface area contributed by atoms with E-state index < -0.39 is 6.17 Å². The first-order chi connectivity index (χ1) is 14.6. The molecule has 9 heteroatoms. The predicted octanol–water partition coefficient (Wildman–Crippen LogP) is 2.25. The van der Waals surface area contributed by atoms with Gasteiger partial charge in [0.25, 0.3) is 11.8 Å². The molecule has 3 aromatic heterocycles. The first-order valence-electron chi connectivity index (χ1n) is 9.31. The number of rotatable bonds is 3. The largest absolute Gasteiger partial charge is 0.335 e. The normalized spacial score (nSPS) is 15.6. The number of anilines is 2. The molecule has 2 amide bonds. The molecule has 4 aromatic rings. The van der Waals surface area contributed by atoms with Crippen molar-refractivity contribution < 1.29 is 9.59 Å². The van der Waals surface area contributed by atoms with Crippen LogP contribution in [-0.2, 0) is 0 Å². The van der Waals surface area contributed by atoms with Gasteiger partial charge in [-0.15, -0.1) is 0 Å². The minimum Gasteiger partial charge on any atom is -0.335 e. The summed E-state index contributed by atoms with van der Waals surface area (Å²) in [7, 11) is 1.85. The zero-order valence-electron chi connectivity index (χ0n) is 16.0. The lowest BCUT2D eigenvalue weighted by Crippen LogP contribution is -2.45. The zero-order valence-corrected chi connectivity index (χ0v) is 16.0. The van der Waals surface area contributed by atoms with Crippen LogP contribution in [0.25, 0.3) is 5.65 Å². The minimum atomic E-state index is -0.488. The number of hydrogen-bond donors (Lipinski definition) is 2. The van der Waals surface area contributed by atoms with E-state index in [1.807, 2.05) is 30.1 Å². The van der Waals surface area contributed by atoms with E-state index in [0.29, 0.717) is 28.3 Å². The minimum absolute atomic E-state index is 0.214. The molecule has 1 aromatic carbocycles. The van der Waals surface area contributed by atoms with E-state index >= 15 is 0 Å². The molecule has 148 valence electrons. The quantitative estimate of drug-likeness (QED) is 0.548. The summed E-state index contributed by atoms with van der Waals surface area (Å²) in [5, 5.41) is 10.1. The standard InChI is InChI=1S/C21H17N7O2/c1-27-17-14(7-4-9-22-17)20(29)26-19(27)13-6-2-3-8-16(13)25-21(30)15-12-24-28-11-5-10-23-18(15)28/h2-12,19H,1H3,(H,25,30)(H,26,29)/t19-/m1/s1. The molecule has 1 aliphatic rings. The summed E-state index contributed by atoms with van der Waals surface area (Å²) < 4.78 is 1.54. The number of nitrogens with zero attached hydrogens (tertiary/aromatic N) is 5. The fourth-order valence-corrected chi connectivity index (χ4v) is 3.59. The smallest absolute Gasteiger partial charge is 0.261 e. The third kappa shape index (κ3) is 2.84. The number of pyridine rings is 1. The van der Waals surface area contributed by atoms with Gasteiger partial charge in [0, 0.05) is 36.9 Å². The summed E-state index contributed by atoms with van der Waals surface area (Å²) in [5.41, 5.74) is 2.65. The van der Waals surface area contributed by atoms with Crippen LogP contribution >= 0.6 is 0 Å². The Morgan fingerprint density at radius 3 is 2.83 bits per heavy atom. The van der Waals surface area contributed by atoms with E-state index in [-0.39, 0.29) is 11.8 Å². The molecule has 0 unspecified atom stereocenters. The molecule has 0 saturated heterocycles. The van der Waals surface area contributed by atoms with Crippen LogP contribution in [0, 0.1) is 0 Å². The van der Waals surface area contributed by atoms with E-state index in [1.165, 1.54) is 6.20 Å². The molecular weight excluding hydrogens is 382 g/mol. The Kier molecular flexibility index (Phi) is 4.13. The Balaban J connectivity index is 1.49. The van der Waals surface area contributed by atoms with E-state index in [0.717, 1.165) is 5.56 Å². The molecule has 0 spiro atoms. The summed E-state index contributed by atoms with van der Waals surface area (Å²) in [6.07, 6.45) is 5.98. The van der Waals surface area contributed by atoms with E-state index in [1.54, 1.807) is 47.4 Å². The Bertz CT molecular complexity index is 1280. The van der Waals surface area contributed by atoms with E-state index in [9.17, 15) is 9.59 Å². The highest BCUT2D eigenvalue weighted by molar-refractivity contribution is 6.08. The van der Waals surface area contributed by atoms with Crippen LogP contribution in [0.15, 0.2) is 67.3 Å². The average Bonchev–Trinajstić information content (AvgIpc) is 3.21. The fraction of sp³-hybridized carbons (Fsp3) is 0.0952. The summed E-state index contributed by atoms with van der Waals surface area (Å²) in [6.45, 7) is 0. The lowest BCUT2D eigenvalue weighted by Gasteiger charge is -2.36. The van der Waals surface area contributed by atoms with Gasteiger partial charge in [0.1, 0.15) is 17.5 Å². The maximum Gasteiger partial charge on any atom is 0.261 e. The second-order valence-electron chi connectivity index (χ2n) is 6.85. The van der Waals surface area contributed by atoms with Gasteiger partial charge in [0.2, 0.25) is 0 Å². The number of amides is 2. The lowest BCUT2D eigenvalue weighted by atomic mass is 10.0. The Morgan fingerprint density at radius 1 is 1.10 bits per heavy atom. The summed E-state index contributed by atoms with van der Waals surface area (Å²) in [5.74, 6) is 0.0350. The van der Waals surface area contributed by atoms with Crippen LogP contribution in [0.2, 0.25) is 0 Å². The van der Waals surface area contributed by atoms with Gasteiger partial charge in [-0.3, -0.25) is 9.59 Å². The number of fused-ring (bicyclic) bond motifs is 2. The maximum absolute atomic E-state index is 13.0. The first-order valence-corrected chi connectivity index (χ1v) is 9.31. The molecule has 0 bridgehead atoms. The number of para-hydroxylation sites is 1. The van der Waals surface area contributed by atoms with Gasteiger partial charge in [-0.25, -0.2) is 14.5 Å². The highest BCUT2D eigenvalue weighted by atomic mass is 16.2. The molecule has 1 aliphatic heterocycles. The Hall–Kier alpha value is -4.27. The van der Waals surface area contributed by atoms with Gasteiger partial charge < -0.3 is 15.5 Å². The second-order valence-corrected chi connectivity index (χ2v) is 6.85. The molecule has 0 aliphatic carbocycles. The molecule has 30 heavy (non-hydrogen) atoms. The molecule has 4 heterocycles. The molecule has 2 N–H and O–H groups in total. The predicted molar refractivity (Wildman–Crippen MR) is 110 cm³/mol. The van der Waals surface area contributed by atoms with Gasteiger partial charge in [-0.1, -0.05) is 18.2 Å². The number of carbonyl (C=O) groups is 2. The van der Waals surface area contributed by atoms with Gasteiger partial charge >= 0.3 is 0 Å². The number of nitrogens with one attached hydrogen (secondary N) is 2. The van der Waals surface area contributed by atoms with Crippen molar-refractivity contribution in [1.29, 1.82) is 0 Å². The molecule has 9 nitrogen and oxygen atoms in total. The maximum atomic E-state index is 13.0. The zero-order chi connectivity index (χ0) is 20.7. The second kappa shape index (κ2) is 6.96. The first kappa shape index (κ1) is 17.8. The fourth-order valence-electron chi connectivity index (χ4n) is 3.59. The average molecular weight is 399 g/mol. The number of carbonyl (C=O) groups excluding carboxylic acids is 2. The van der Waals surface area contributed by atoms with Crippen LogP contribution in [-0.4, -0.2) is 38.4 Å². The Morgan fingerprint density at radius 2 is 1.93 bits per heavy atom. The topological polar surface area (TPSA) is 105 Å². The van der Waals surface area contributed by atoms with Crippen LogP contribution < -0.4 is 15.5 Å². The van der Waals surface area contributed by atoms with Crippen molar-refractivity contribution in [3.05, 3.63) is 83.9 Å². The van der Waals surface area contributed by atoms with Crippen molar-refractivity contribution in [2.24, 2.45) is 0 Å². The third-order valence-electron chi connectivity index (χ3n) is 5.05. The molecule has 1 atom stereocenters. The monoisotopic (exact) mass is 399 g/mol. The van der Waals surface area contributed by atoms with Gasteiger partial charge in [-0.05, 0) is 24.3 Å². The number of benzene rings is 1. The van der Waals surface area contributed by atoms with Gasteiger partial charge in [-0.2, -0.15) is 5.10 Å². The lowest BCUT2D eigenvalue weighted by molar-refractivity contribution is 0.0927. The van der Waals surface area contributed by atoms with Crippen molar-refractivity contribution in [1.82, 2.24) is 24.9 Å². The van der Waals surface area contributed by atoms with Crippen LogP contribution in [0.1, 0.15) is 32.4 Å². The van der Waals surface area contributed by atoms with Crippen LogP contribution in [0.5, 0.6) is 0 Å². The van der Waals surface area contributed by atoms with Crippen LogP contribution in [0.3, 0.4) is 0 Å². The number of hydrogen-bond acceptors (Lipinski definition) is 6. The SMILES string of the molecule is CN1c2ncccc2C(=O)N[C@H]1c1ccccc1NC(=O)c1cnn2cccnc12. The van der Waals surface area contributed by atoms with E-state index in [2.05, 4.69) is 25.7 Å².